The quantitative estimate of drug-likeness (QED) is 0.841. The molecule has 0 unspecified atom stereocenters. The zero-order valence-corrected chi connectivity index (χ0v) is 11.0. The number of allylic oxidation sites excluding steroid dienone is 1. The summed E-state index contributed by atoms with van der Waals surface area (Å²) in [6.07, 6.45) is 4.92. The average Bonchev–Trinajstić information content (AvgIpc) is 2.22. The van der Waals surface area contributed by atoms with Crippen molar-refractivity contribution in [3.63, 3.8) is 0 Å². The van der Waals surface area contributed by atoms with Crippen LogP contribution in [0.2, 0.25) is 5.02 Å². The van der Waals surface area contributed by atoms with E-state index >= 15 is 0 Å². The number of aliphatic carboxylic acids is 1. The Morgan fingerprint density at radius 3 is 2.81 bits per heavy atom. The lowest BCUT2D eigenvalue weighted by Crippen LogP contribution is -2.00. The van der Waals surface area contributed by atoms with Gasteiger partial charge in [0.25, 0.3) is 0 Å². The number of rotatable bonds is 5. The van der Waals surface area contributed by atoms with Crippen LogP contribution in [0.4, 0.5) is 0 Å². The maximum absolute atomic E-state index is 10.5. The molecule has 1 aromatic rings. The van der Waals surface area contributed by atoms with Crippen molar-refractivity contribution in [2.75, 3.05) is 5.33 Å². The summed E-state index contributed by atoms with van der Waals surface area (Å²) >= 11 is 9.31. The van der Waals surface area contributed by atoms with Crippen LogP contribution < -0.4 is 0 Å². The van der Waals surface area contributed by atoms with Gasteiger partial charge < -0.3 is 5.11 Å². The number of hydrogen-bond donors (Lipinski definition) is 1. The minimum absolute atomic E-state index is 0.0375. The highest BCUT2D eigenvalue weighted by Crippen LogP contribution is 2.19. The van der Waals surface area contributed by atoms with Gasteiger partial charge in [-0.05, 0) is 23.6 Å². The van der Waals surface area contributed by atoms with Gasteiger partial charge in [0.1, 0.15) is 0 Å². The molecule has 0 saturated carbocycles. The van der Waals surface area contributed by atoms with E-state index in [2.05, 4.69) is 15.9 Å². The Hall–Kier alpha value is -0.800. The van der Waals surface area contributed by atoms with Crippen molar-refractivity contribution < 1.29 is 9.90 Å². The predicted octanol–water partition coefficient (Wildman–Crippen LogP) is 3.77. The third-order valence-electron chi connectivity index (χ3n) is 2.00. The molecule has 0 aromatic heterocycles. The first kappa shape index (κ1) is 13.3. The van der Waals surface area contributed by atoms with Crippen molar-refractivity contribution in [1.82, 2.24) is 0 Å². The van der Waals surface area contributed by atoms with Crippen molar-refractivity contribution in [2.45, 2.75) is 12.8 Å². The molecular weight excluding hydrogens is 291 g/mol. The van der Waals surface area contributed by atoms with E-state index in [1.165, 1.54) is 0 Å². The molecule has 1 rings (SSSR count). The number of carboxylic acid groups (broad SMARTS) is 1. The standard InChI is InChI=1S/C12H12BrClO2/c13-6-2-1-3-9-4-5-10(8-12(15)16)11(14)7-9/h1,3-5,7H,2,6,8H2,(H,15,16). The fourth-order valence-corrected chi connectivity index (χ4v) is 1.78. The van der Waals surface area contributed by atoms with Crippen LogP contribution in [0.25, 0.3) is 6.08 Å². The average molecular weight is 304 g/mol. The third-order valence-corrected chi connectivity index (χ3v) is 2.81. The van der Waals surface area contributed by atoms with Gasteiger partial charge in [0, 0.05) is 10.4 Å². The summed E-state index contributed by atoms with van der Waals surface area (Å²) in [5.41, 5.74) is 1.63. The van der Waals surface area contributed by atoms with E-state index in [0.29, 0.717) is 10.6 Å². The van der Waals surface area contributed by atoms with E-state index in [-0.39, 0.29) is 6.42 Å². The maximum atomic E-state index is 10.5. The highest BCUT2D eigenvalue weighted by molar-refractivity contribution is 9.09. The van der Waals surface area contributed by atoms with Gasteiger partial charge >= 0.3 is 5.97 Å². The first-order chi connectivity index (χ1) is 7.63. The van der Waals surface area contributed by atoms with E-state index in [9.17, 15) is 4.79 Å². The molecule has 1 aromatic carbocycles. The Balaban J connectivity index is 2.78. The van der Waals surface area contributed by atoms with Crippen molar-refractivity contribution >= 4 is 39.6 Å². The van der Waals surface area contributed by atoms with Gasteiger partial charge in [-0.3, -0.25) is 4.79 Å². The monoisotopic (exact) mass is 302 g/mol. The molecule has 0 heterocycles. The summed E-state index contributed by atoms with van der Waals surface area (Å²) < 4.78 is 0. The van der Waals surface area contributed by atoms with Crippen molar-refractivity contribution in [2.24, 2.45) is 0 Å². The molecule has 0 aliphatic carbocycles. The number of carboxylic acids is 1. The number of hydrogen-bond acceptors (Lipinski definition) is 1. The molecule has 0 fully saturated rings. The second-order valence-corrected chi connectivity index (χ2v) is 4.50. The second kappa shape index (κ2) is 6.71. The fourth-order valence-electron chi connectivity index (χ4n) is 1.26. The van der Waals surface area contributed by atoms with Gasteiger partial charge in [-0.1, -0.05) is 51.8 Å². The van der Waals surface area contributed by atoms with Crippen LogP contribution in [-0.4, -0.2) is 16.4 Å². The molecular formula is C12H12BrClO2. The Kier molecular flexibility index (Phi) is 5.56. The molecule has 0 atom stereocenters. The van der Waals surface area contributed by atoms with Gasteiger partial charge in [0.05, 0.1) is 6.42 Å². The van der Waals surface area contributed by atoms with E-state index < -0.39 is 5.97 Å². The maximum Gasteiger partial charge on any atom is 0.307 e. The number of carbonyl (C=O) groups is 1. The van der Waals surface area contributed by atoms with E-state index in [1.807, 2.05) is 18.2 Å². The van der Waals surface area contributed by atoms with Gasteiger partial charge in [-0.2, -0.15) is 0 Å². The van der Waals surface area contributed by atoms with Crippen LogP contribution in [0.15, 0.2) is 24.3 Å². The predicted molar refractivity (Wildman–Crippen MR) is 70.2 cm³/mol. The third kappa shape index (κ3) is 4.37. The summed E-state index contributed by atoms with van der Waals surface area (Å²) in [5, 5.41) is 10.1. The highest BCUT2D eigenvalue weighted by Gasteiger charge is 2.05. The Morgan fingerprint density at radius 2 is 2.25 bits per heavy atom. The molecule has 0 bridgehead atoms. The minimum atomic E-state index is -0.871. The van der Waals surface area contributed by atoms with Crippen molar-refractivity contribution in [1.29, 1.82) is 0 Å². The smallest absolute Gasteiger partial charge is 0.307 e. The molecule has 16 heavy (non-hydrogen) atoms. The Labute approximate surface area is 108 Å². The lowest BCUT2D eigenvalue weighted by Gasteiger charge is -2.02. The lowest BCUT2D eigenvalue weighted by atomic mass is 10.1. The molecule has 4 heteroatoms. The molecule has 86 valence electrons. The molecule has 0 saturated heterocycles. The van der Waals surface area contributed by atoms with Gasteiger partial charge in [-0.25, -0.2) is 0 Å². The van der Waals surface area contributed by atoms with E-state index in [0.717, 1.165) is 17.3 Å². The first-order valence-electron chi connectivity index (χ1n) is 4.86. The largest absolute Gasteiger partial charge is 0.481 e. The number of benzene rings is 1. The molecule has 2 nitrogen and oxygen atoms in total. The van der Waals surface area contributed by atoms with Gasteiger partial charge in [0.15, 0.2) is 0 Å². The van der Waals surface area contributed by atoms with Gasteiger partial charge in [-0.15, -0.1) is 0 Å². The summed E-state index contributed by atoms with van der Waals surface area (Å²) in [6, 6.07) is 5.41. The zero-order chi connectivity index (χ0) is 12.0. The van der Waals surface area contributed by atoms with Crippen LogP contribution in [0.3, 0.4) is 0 Å². The highest BCUT2D eigenvalue weighted by atomic mass is 79.9. The van der Waals surface area contributed by atoms with Crippen LogP contribution in [0, 0.1) is 0 Å². The zero-order valence-electron chi connectivity index (χ0n) is 8.62. The summed E-state index contributed by atoms with van der Waals surface area (Å²) in [6.45, 7) is 0. The van der Waals surface area contributed by atoms with Crippen molar-refractivity contribution in [3.05, 3.63) is 40.4 Å². The number of halogens is 2. The summed E-state index contributed by atoms with van der Waals surface area (Å²) in [4.78, 5) is 10.5. The molecule has 1 N–H and O–H groups in total. The van der Waals surface area contributed by atoms with Crippen LogP contribution >= 0.6 is 27.5 Å². The van der Waals surface area contributed by atoms with Crippen LogP contribution in [0.5, 0.6) is 0 Å². The topological polar surface area (TPSA) is 37.3 Å². The fraction of sp³-hybridized carbons (Fsp3) is 0.250. The van der Waals surface area contributed by atoms with Crippen LogP contribution in [0.1, 0.15) is 17.5 Å². The van der Waals surface area contributed by atoms with E-state index in [1.54, 1.807) is 12.1 Å². The normalized spacial score (nSPS) is 10.9. The Morgan fingerprint density at radius 1 is 1.50 bits per heavy atom. The SMILES string of the molecule is O=C(O)Cc1ccc(C=CCCBr)cc1Cl. The van der Waals surface area contributed by atoms with Crippen LogP contribution in [-0.2, 0) is 11.2 Å². The van der Waals surface area contributed by atoms with E-state index in [4.69, 9.17) is 16.7 Å². The van der Waals surface area contributed by atoms with Crippen molar-refractivity contribution in [3.8, 4) is 0 Å². The second-order valence-electron chi connectivity index (χ2n) is 3.30. The van der Waals surface area contributed by atoms with Gasteiger partial charge in [0.2, 0.25) is 0 Å². The molecule has 0 radical (unpaired) electrons. The molecule has 0 amide bonds. The first-order valence-corrected chi connectivity index (χ1v) is 6.36. The summed E-state index contributed by atoms with van der Waals surface area (Å²) in [7, 11) is 0. The molecule has 0 spiro atoms. The summed E-state index contributed by atoms with van der Waals surface area (Å²) in [5.74, 6) is -0.871. The molecule has 0 aliphatic heterocycles. The molecule has 0 aliphatic rings. The number of alkyl halides is 1. The minimum Gasteiger partial charge on any atom is -0.481 e. The Bertz CT molecular complexity index is 402. The lowest BCUT2D eigenvalue weighted by molar-refractivity contribution is -0.136.